The maximum Gasteiger partial charge on any atom is 0.227 e. The fourth-order valence-electron chi connectivity index (χ4n) is 3.12. The molecule has 20 heavy (non-hydrogen) atoms. The molecule has 1 aliphatic carbocycles. The third-order valence-corrected chi connectivity index (χ3v) is 5.78. The van der Waals surface area contributed by atoms with Crippen LogP contribution in [0, 0.1) is 5.41 Å². The van der Waals surface area contributed by atoms with E-state index in [0.29, 0.717) is 26.3 Å². The Hall–Kier alpha value is -0.910. The molecule has 4 nitrogen and oxygen atoms in total. The van der Waals surface area contributed by atoms with Crippen LogP contribution in [0.2, 0.25) is 0 Å². The lowest BCUT2D eigenvalue weighted by Crippen LogP contribution is -2.48. The number of ether oxygens (including phenoxy) is 1. The second-order valence-corrected chi connectivity index (χ2v) is 7.02. The van der Waals surface area contributed by atoms with Crippen molar-refractivity contribution in [1.82, 2.24) is 5.32 Å². The van der Waals surface area contributed by atoms with Gasteiger partial charge in [0.25, 0.3) is 0 Å². The molecule has 1 amide bonds. The molecule has 1 saturated heterocycles. The Morgan fingerprint density at radius 1 is 1.40 bits per heavy atom. The number of rotatable bonds is 4. The van der Waals surface area contributed by atoms with Gasteiger partial charge in [-0.3, -0.25) is 4.79 Å². The minimum absolute atomic E-state index is 0.0943. The van der Waals surface area contributed by atoms with E-state index >= 15 is 0 Å². The Bertz CT molecular complexity index is 471. The maximum atomic E-state index is 12.5. The van der Waals surface area contributed by atoms with Crippen molar-refractivity contribution in [3.8, 4) is 0 Å². The average molecular weight is 294 g/mol. The van der Waals surface area contributed by atoms with Crippen molar-refractivity contribution >= 4 is 17.2 Å². The first-order valence-electron chi connectivity index (χ1n) is 7.40. The molecule has 0 bridgehead atoms. The van der Waals surface area contributed by atoms with Crippen molar-refractivity contribution in [2.45, 2.75) is 38.6 Å². The van der Waals surface area contributed by atoms with Gasteiger partial charge in [-0.25, -0.2) is 0 Å². The minimum atomic E-state index is -0.418. The molecule has 5 heteroatoms. The first-order chi connectivity index (χ1) is 9.73. The van der Waals surface area contributed by atoms with Gasteiger partial charge in [-0.05, 0) is 43.7 Å². The summed E-state index contributed by atoms with van der Waals surface area (Å²) >= 11 is 1.85. The Labute approximate surface area is 123 Å². The van der Waals surface area contributed by atoms with E-state index in [1.807, 2.05) is 11.3 Å². The molecule has 0 unspecified atom stereocenters. The van der Waals surface area contributed by atoms with Crippen molar-refractivity contribution in [3.63, 3.8) is 0 Å². The molecule has 0 radical (unpaired) electrons. The van der Waals surface area contributed by atoms with E-state index in [1.54, 1.807) is 0 Å². The first-order valence-corrected chi connectivity index (χ1v) is 8.22. The van der Waals surface area contributed by atoms with Gasteiger partial charge in [-0.15, -0.1) is 11.3 Å². The zero-order chi connectivity index (χ0) is 14.0. The summed E-state index contributed by atoms with van der Waals surface area (Å²) in [6, 6.07) is 2.26. The van der Waals surface area contributed by atoms with Gasteiger partial charge >= 0.3 is 0 Å². The van der Waals surface area contributed by atoms with Crippen LogP contribution in [0.3, 0.4) is 0 Å². The number of hydrogen-bond donors (Lipinski definition) is 2. The van der Waals surface area contributed by atoms with Crippen LogP contribution in [-0.2, 0) is 28.9 Å². The summed E-state index contributed by atoms with van der Waals surface area (Å²) in [6.07, 6.45) is 5.15. The lowest BCUT2D eigenvalue weighted by atomic mass is 9.79. The lowest BCUT2D eigenvalue weighted by Gasteiger charge is -2.34. The first kappa shape index (κ1) is 14.0. The lowest BCUT2D eigenvalue weighted by molar-refractivity contribution is -0.136. The highest BCUT2D eigenvalue weighted by molar-refractivity contribution is 7.12. The summed E-state index contributed by atoms with van der Waals surface area (Å²) in [7, 11) is 0. The number of amides is 1. The van der Waals surface area contributed by atoms with Gasteiger partial charge < -0.3 is 15.8 Å². The fraction of sp³-hybridized carbons (Fsp3) is 0.667. The van der Waals surface area contributed by atoms with E-state index in [4.69, 9.17) is 10.5 Å². The Balaban J connectivity index is 1.60. The van der Waals surface area contributed by atoms with Crippen LogP contribution < -0.4 is 11.1 Å². The number of thiophene rings is 1. The summed E-state index contributed by atoms with van der Waals surface area (Å²) in [5.41, 5.74) is 6.92. The summed E-state index contributed by atoms with van der Waals surface area (Å²) in [4.78, 5) is 15.2. The highest BCUT2D eigenvalue weighted by Crippen LogP contribution is 2.32. The normalized spacial score (nSPS) is 20.6. The van der Waals surface area contributed by atoms with Gasteiger partial charge in [0.15, 0.2) is 0 Å². The van der Waals surface area contributed by atoms with Gasteiger partial charge in [0.2, 0.25) is 5.91 Å². The molecule has 110 valence electrons. The molecular weight excluding hydrogens is 272 g/mol. The molecule has 1 fully saturated rings. The summed E-state index contributed by atoms with van der Waals surface area (Å²) < 4.78 is 5.35. The van der Waals surface area contributed by atoms with Crippen LogP contribution in [0.1, 0.15) is 34.6 Å². The SMILES string of the molecule is NCC1(C(=O)NCc2cc3c(s2)CCC3)CCOCC1. The molecule has 1 aromatic rings. The molecule has 1 aromatic heterocycles. The standard InChI is InChI=1S/C15H22N2O2S/c16-10-15(4-6-19-7-5-15)14(18)17-9-12-8-11-2-1-3-13(11)20-12/h8H,1-7,9-10,16H2,(H,17,18). The van der Waals surface area contributed by atoms with Crippen molar-refractivity contribution in [2.75, 3.05) is 19.8 Å². The second-order valence-electron chi connectivity index (χ2n) is 5.79. The van der Waals surface area contributed by atoms with Crippen molar-refractivity contribution in [2.24, 2.45) is 11.1 Å². The molecule has 0 atom stereocenters. The molecular formula is C15H22N2O2S. The van der Waals surface area contributed by atoms with Gasteiger partial charge in [0.05, 0.1) is 12.0 Å². The zero-order valence-electron chi connectivity index (χ0n) is 11.7. The quantitative estimate of drug-likeness (QED) is 0.886. The number of aryl methyl sites for hydroxylation is 2. The number of fused-ring (bicyclic) bond motifs is 1. The van der Waals surface area contributed by atoms with Crippen LogP contribution >= 0.6 is 11.3 Å². The molecule has 2 heterocycles. The predicted octanol–water partition coefficient (Wildman–Crippen LogP) is 1.61. The van der Waals surface area contributed by atoms with E-state index in [0.717, 1.165) is 12.8 Å². The van der Waals surface area contributed by atoms with E-state index in [-0.39, 0.29) is 5.91 Å². The van der Waals surface area contributed by atoms with E-state index in [2.05, 4.69) is 11.4 Å². The smallest absolute Gasteiger partial charge is 0.227 e. The molecule has 0 saturated carbocycles. The van der Waals surface area contributed by atoms with Gasteiger partial charge in [0, 0.05) is 29.5 Å². The Morgan fingerprint density at radius 3 is 2.90 bits per heavy atom. The highest BCUT2D eigenvalue weighted by Gasteiger charge is 2.38. The number of hydrogen-bond acceptors (Lipinski definition) is 4. The predicted molar refractivity (Wildman–Crippen MR) is 79.7 cm³/mol. The minimum Gasteiger partial charge on any atom is -0.381 e. The zero-order valence-corrected chi connectivity index (χ0v) is 12.6. The van der Waals surface area contributed by atoms with Crippen molar-refractivity contribution in [1.29, 1.82) is 0 Å². The molecule has 2 aliphatic rings. The van der Waals surface area contributed by atoms with Gasteiger partial charge in [0.1, 0.15) is 0 Å². The fourth-order valence-corrected chi connectivity index (χ4v) is 4.32. The summed E-state index contributed by atoms with van der Waals surface area (Å²) in [5.74, 6) is 0.0943. The van der Waals surface area contributed by atoms with Crippen molar-refractivity contribution < 1.29 is 9.53 Å². The number of carbonyl (C=O) groups excluding carboxylic acids is 1. The van der Waals surface area contributed by atoms with Crippen LogP contribution in [0.4, 0.5) is 0 Å². The molecule has 1 aliphatic heterocycles. The number of carbonyl (C=O) groups is 1. The number of nitrogens with two attached hydrogens (primary N) is 1. The van der Waals surface area contributed by atoms with E-state index in [9.17, 15) is 4.79 Å². The third kappa shape index (κ3) is 2.62. The molecule has 0 aromatic carbocycles. The third-order valence-electron chi connectivity index (χ3n) is 4.54. The van der Waals surface area contributed by atoms with Crippen LogP contribution in [0.25, 0.3) is 0 Å². The van der Waals surface area contributed by atoms with Gasteiger partial charge in [-0.1, -0.05) is 0 Å². The Morgan fingerprint density at radius 2 is 2.20 bits per heavy atom. The second kappa shape index (κ2) is 5.84. The number of nitrogens with one attached hydrogen (secondary N) is 1. The highest BCUT2D eigenvalue weighted by atomic mass is 32.1. The molecule has 3 N–H and O–H groups in total. The topological polar surface area (TPSA) is 64.4 Å². The molecule has 3 rings (SSSR count). The molecule has 0 spiro atoms. The Kier molecular flexibility index (Phi) is 4.10. The maximum absolute atomic E-state index is 12.5. The van der Waals surface area contributed by atoms with Crippen LogP contribution in [0.15, 0.2) is 6.07 Å². The summed E-state index contributed by atoms with van der Waals surface area (Å²) in [6.45, 7) is 2.32. The average Bonchev–Trinajstić information content (AvgIpc) is 3.06. The monoisotopic (exact) mass is 294 g/mol. The van der Waals surface area contributed by atoms with Crippen LogP contribution in [0.5, 0.6) is 0 Å². The van der Waals surface area contributed by atoms with Crippen molar-refractivity contribution in [3.05, 3.63) is 21.4 Å². The van der Waals surface area contributed by atoms with Crippen LogP contribution in [-0.4, -0.2) is 25.7 Å². The van der Waals surface area contributed by atoms with E-state index in [1.165, 1.54) is 34.6 Å². The summed E-state index contributed by atoms with van der Waals surface area (Å²) in [5, 5.41) is 3.09. The van der Waals surface area contributed by atoms with Gasteiger partial charge in [-0.2, -0.15) is 0 Å². The van der Waals surface area contributed by atoms with E-state index < -0.39 is 5.41 Å². The largest absolute Gasteiger partial charge is 0.381 e.